The smallest absolute Gasteiger partial charge is 0.0343 e. The SMILES string of the molecule is CC1(C)CCCC1Nc1ccc(N)cc1. The molecule has 82 valence electrons. The summed E-state index contributed by atoms with van der Waals surface area (Å²) in [7, 11) is 0. The number of benzene rings is 1. The van der Waals surface area contributed by atoms with Gasteiger partial charge in [-0.05, 0) is 42.5 Å². The van der Waals surface area contributed by atoms with Crippen molar-refractivity contribution in [1.29, 1.82) is 0 Å². The average Bonchev–Trinajstić information content (AvgIpc) is 2.50. The summed E-state index contributed by atoms with van der Waals surface area (Å²) in [5.74, 6) is 0. The van der Waals surface area contributed by atoms with E-state index in [4.69, 9.17) is 5.73 Å². The number of nitrogens with one attached hydrogen (secondary N) is 1. The lowest BCUT2D eigenvalue weighted by Gasteiger charge is -2.28. The lowest BCUT2D eigenvalue weighted by Crippen LogP contribution is -2.30. The molecule has 1 aliphatic carbocycles. The molecule has 1 fully saturated rings. The summed E-state index contributed by atoms with van der Waals surface area (Å²) >= 11 is 0. The minimum absolute atomic E-state index is 0.418. The van der Waals surface area contributed by atoms with Crippen molar-refractivity contribution in [2.45, 2.75) is 39.2 Å². The molecule has 1 unspecified atom stereocenters. The van der Waals surface area contributed by atoms with Gasteiger partial charge < -0.3 is 11.1 Å². The Labute approximate surface area is 91.9 Å². The molecule has 0 radical (unpaired) electrons. The van der Waals surface area contributed by atoms with E-state index in [0.29, 0.717) is 11.5 Å². The van der Waals surface area contributed by atoms with Gasteiger partial charge in [0.1, 0.15) is 0 Å². The Bertz CT molecular complexity index is 327. The molecule has 0 spiro atoms. The van der Waals surface area contributed by atoms with Crippen molar-refractivity contribution >= 4 is 11.4 Å². The second kappa shape index (κ2) is 3.76. The number of rotatable bonds is 2. The third kappa shape index (κ3) is 2.25. The van der Waals surface area contributed by atoms with Gasteiger partial charge in [0.2, 0.25) is 0 Å². The van der Waals surface area contributed by atoms with Crippen LogP contribution in [0.2, 0.25) is 0 Å². The van der Waals surface area contributed by atoms with E-state index in [9.17, 15) is 0 Å². The van der Waals surface area contributed by atoms with Crippen LogP contribution in [0.5, 0.6) is 0 Å². The quantitative estimate of drug-likeness (QED) is 0.726. The number of hydrogen-bond donors (Lipinski definition) is 2. The van der Waals surface area contributed by atoms with E-state index in [1.165, 1.54) is 24.9 Å². The summed E-state index contributed by atoms with van der Waals surface area (Å²) in [6.45, 7) is 4.68. The van der Waals surface area contributed by atoms with Crippen molar-refractivity contribution < 1.29 is 0 Å². The molecule has 2 rings (SSSR count). The molecule has 1 aromatic carbocycles. The van der Waals surface area contributed by atoms with E-state index < -0.39 is 0 Å². The van der Waals surface area contributed by atoms with Crippen LogP contribution in [0, 0.1) is 5.41 Å². The first-order valence-corrected chi connectivity index (χ1v) is 5.70. The van der Waals surface area contributed by atoms with Crippen molar-refractivity contribution in [1.82, 2.24) is 0 Å². The zero-order valence-corrected chi connectivity index (χ0v) is 9.59. The van der Waals surface area contributed by atoms with Crippen LogP contribution >= 0.6 is 0 Å². The van der Waals surface area contributed by atoms with Crippen molar-refractivity contribution in [3.63, 3.8) is 0 Å². The summed E-state index contributed by atoms with van der Waals surface area (Å²) < 4.78 is 0. The fraction of sp³-hybridized carbons (Fsp3) is 0.538. The largest absolute Gasteiger partial charge is 0.399 e. The molecule has 1 saturated carbocycles. The molecule has 0 heterocycles. The average molecular weight is 204 g/mol. The number of hydrogen-bond acceptors (Lipinski definition) is 2. The van der Waals surface area contributed by atoms with Crippen LogP contribution in [0.3, 0.4) is 0 Å². The second-order valence-electron chi connectivity index (χ2n) is 5.20. The van der Waals surface area contributed by atoms with Crippen molar-refractivity contribution in [3.05, 3.63) is 24.3 Å². The highest BCUT2D eigenvalue weighted by Gasteiger charge is 2.34. The maximum Gasteiger partial charge on any atom is 0.0343 e. The number of nitrogens with two attached hydrogens (primary N) is 1. The fourth-order valence-corrected chi connectivity index (χ4v) is 2.37. The normalized spacial score (nSPS) is 24.0. The number of anilines is 2. The maximum atomic E-state index is 5.66. The van der Waals surface area contributed by atoms with E-state index in [2.05, 4.69) is 31.3 Å². The molecule has 1 atom stereocenters. The molecule has 0 aliphatic heterocycles. The van der Waals surface area contributed by atoms with Gasteiger partial charge in [-0.1, -0.05) is 20.3 Å². The highest BCUT2D eigenvalue weighted by Crippen LogP contribution is 2.38. The van der Waals surface area contributed by atoms with Crippen LogP contribution in [-0.2, 0) is 0 Å². The van der Waals surface area contributed by atoms with E-state index >= 15 is 0 Å². The Kier molecular flexibility index (Phi) is 2.59. The fourth-order valence-electron chi connectivity index (χ4n) is 2.37. The Morgan fingerprint density at radius 3 is 2.47 bits per heavy atom. The molecule has 0 saturated heterocycles. The predicted molar refractivity (Wildman–Crippen MR) is 65.9 cm³/mol. The zero-order valence-electron chi connectivity index (χ0n) is 9.59. The minimum atomic E-state index is 0.418. The first kappa shape index (κ1) is 10.3. The van der Waals surface area contributed by atoms with Crippen molar-refractivity contribution in [3.8, 4) is 0 Å². The molecular weight excluding hydrogens is 184 g/mol. The molecule has 1 aromatic rings. The van der Waals surface area contributed by atoms with E-state index in [1.807, 2.05) is 12.1 Å². The van der Waals surface area contributed by atoms with Gasteiger partial charge in [-0.25, -0.2) is 0 Å². The first-order valence-electron chi connectivity index (χ1n) is 5.70. The molecule has 2 nitrogen and oxygen atoms in total. The van der Waals surface area contributed by atoms with Gasteiger partial charge in [0.15, 0.2) is 0 Å². The third-order valence-electron chi connectivity index (χ3n) is 3.51. The van der Waals surface area contributed by atoms with Crippen LogP contribution in [-0.4, -0.2) is 6.04 Å². The molecule has 0 amide bonds. The lowest BCUT2D eigenvalue weighted by atomic mass is 9.87. The van der Waals surface area contributed by atoms with E-state index in [0.717, 1.165) is 5.69 Å². The van der Waals surface area contributed by atoms with Crippen LogP contribution < -0.4 is 11.1 Å². The van der Waals surface area contributed by atoms with Crippen molar-refractivity contribution in [2.24, 2.45) is 5.41 Å². The van der Waals surface area contributed by atoms with Gasteiger partial charge in [0.25, 0.3) is 0 Å². The van der Waals surface area contributed by atoms with Crippen LogP contribution in [0.4, 0.5) is 11.4 Å². The van der Waals surface area contributed by atoms with Gasteiger partial charge in [-0.3, -0.25) is 0 Å². The molecule has 3 N–H and O–H groups in total. The molecule has 1 aliphatic rings. The maximum absolute atomic E-state index is 5.66. The third-order valence-corrected chi connectivity index (χ3v) is 3.51. The van der Waals surface area contributed by atoms with Crippen LogP contribution in [0.15, 0.2) is 24.3 Å². The van der Waals surface area contributed by atoms with Gasteiger partial charge in [0.05, 0.1) is 0 Å². The minimum Gasteiger partial charge on any atom is -0.399 e. The Morgan fingerprint density at radius 2 is 1.93 bits per heavy atom. The summed E-state index contributed by atoms with van der Waals surface area (Å²) in [4.78, 5) is 0. The Balaban J connectivity index is 2.06. The molecular formula is C13H20N2. The van der Waals surface area contributed by atoms with Crippen LogP contribution in [0.1, 0.15) is 33.1 Å². The van der Waals surface area contributed by atoms with E-state index in [-0.39, 0.29) is 0 Å². The molecule has 0 aromatic heterocycles. The summed E-state index contributed by atoms with van der Waals surface area (Å²) in [5, 5.41) is 3.60. The highest BCUT2D eigenvalue weighted by atomic mass is 14.9. The van der Waals surface area contributed by atoms with Crippen LogP contribution in [0.25, 0.3) is 0 Å². The summed E-state index contributed by atoms with van der Waals surface area (Å²) in [5.41, 5.74) is 8.09. The monoisotopic (exact) mass is 204 g/mol. The van der Waals surface area contributed by atoms with Gasteiger partial charge in [-0.15, -0.1) is 0 Å². The van der Waals surface area contributed by atoms with Gasteiger partial charge in [-0.2, -0.15) is 0 Å². The Hall–Kier alpha value is -1.18. The standard InChI is InChI=1S/C13H20N2/c1-13(2)9-3-4-12(13)15-11-7-5-10(14)6-8-11/h5-8,12,15H,3-4,9,14H2,1-2H3. The predicted octanol–water partition coefficient (Wildman–Crippen LogP) is 3.26. The Morgan fingerprint density at radius 1 is 1.27 bits per heavy atom. The van der Waals surface area contributed by atoms with Gasteiger partial charge in [0, 0.05) is 17.4 Å². The highest BCUT2D eigenvalue weighted by molar-refractivity contribution is 5.51. The zero-order chi connectivity index (χ0) is 10.9. The summed E-state index contributed by atoms with van der Waals surface area (Å²) in [6, 6.07) is 8.61. The first-order chi connectivity index (χ1) is 7.08. The lowest BCUT2D eigenvalue weighted by molar-refractivity contribution is 0.350. The number of nitrogen functional groups attached to an aromatic ring is 1. The molecule has 15 heavy (non-hydrogen) atoms. The molecule has 0 bridgehead atoms. The van der Waals surface area contributed by atoms with E-state index in [1.54, 1.807) is 0 Å². The summed E-state index contributed by atoms with van der Waals surface area (Å²) in [6.07, 6.45) is 3.93. The topological polar surface area (TPSA) is 38.0 Å². The molecule has 2 heteroatoms. The van der Waals surface area contributed by atoms with Gasteiger partial charge >= 0.3 is 0 Å². The second-order valence-corrected chi connectivity index (χ2v) is 5.20. The van der Waals surface area contributed by atoms with Crippen molar-refractivity contribution in [2.75, 3.05) is 11.1 Å².